The number of hydrogen-bond acceptors (Lipinski definition) is 3. The maximum Gasteiger partial charge on any atom is 0.162 e. The zero-order valence-electron chi connectivity index (χ0n) is 11.5. The number of benzene rings is 2. The van der Waals surface area contributed by atoms with Crippen LogP contribution >= 0.6 is 39.1 Å². The van der Waals surface area contributed by atoms with Crippen LogP contribution in [-0.4, -0.2) is 14.2 Å². The van der Waals surface area contributed by atoms with Gasteiger partial charge in [-0.2, -0.15) is 0 Å². The molecule has 0 amide bonds. The van der Waals surface area contributed by atoms with Gasteiger partial charge in [0.2, 0.25) is 0 Å². The van der Waals surface area contributed by atoms with Crippen molar-refractivity contribution in [1.82, 2.24) is 0 Å². The fourth-order valence-electron chi connectivity index (χ4n) is 2.03. The Morgan fingerprint density at radius 2 is 1.52 bits per heavy atom. The zero-order valence-corrected chi connectivity index (χ0v) is 14.6. The predicted octanol–water partition coefficient (Wildman–Crippen LogP) is 4.82. The van der Waals surface area contributed by atoms with Crippen LogP contribution in [0.5, 0.6) is 11.5 Å². The van der Waals surface area contributed by atoms with E-state index >= 15 is 0 Å². The van der Waals surface area contributed by atoms with Crippen LogP contribution in [0.4, 0.5) is 0 Å². The predicted molar refractivity (Wildman–Crippen MR) is 89.7 cm³/mol. The minimum Gasteiger partial charge on any atom is -0.493 e. The quantitative estimate of drug-likeness (QED) is 0.813. The Morgan fingerprint density at radius 1 is 0.952 bits per heavy atom. The lowest BCUT2D eigenvalue weighted by atomic mass is 9.99. The van der Waals surface area contributed by atoms with E-state index in [2.05, 4.69) is 15.9 Å². The topological polar surface area (TPSA) is 44.5 Å². The second-order valence-corrected chi connectivity index (χ2v) is 6.10. The molecule has 3 nitrogen and oxygen atoms in total. The van der Waals surface area contributed by atoms with E-state index in [1.807, 2.05) is 12.1 Å². The molecule has 0 bridgehead atoms. The molecule has 0 saturated carbocycles. The molecule has 1 unspecified atom stereocenters. The molecule has 2 aromatic rings. The van der Waals surface area contributed by atoms with E-state index in [1.165, 1.54) is 0 Å². The molecule has 2 N–H and O–H groups in total. The maximum atomic E-state index is 6.32. The molecule has 0 fully saturated rings. The highest BCUT2D eigenvalue weighted by Gasteiger charge is 2.19. The van der Waals surface area contributed by atoms with Gasteiger partial charge in [-0.3, -0.25) is 0 Å². The van der Waals surface area contributed by atoms with Crippen LogP contribution in [0, 0.1) is 0 Å². The van der Waals surface area contributed by atoms with Gasteiger partial charge in [-0.15, -0.1) is 0 Å². The van der Waals surface area contributed by atoms with Crippen LogP contribution < -0.4 is 15.2 Å². The number of halogens is 3. The lowest BCUT2D eigenvalue weighted by Gasteiger charge is -2.18. The summed E-state index contributed by atoms with van der Waals surface area (Å²) < 4.78 is 11.4. The van der Waals surface area contributed by atoms with E-state index < -0.39 is 6.04 Å². The van der Waals surface area contributed by atoms with E-state index in [4.69, 9.17) is 38.4 Å². The van der Waals surface area contributed by atoms with Gasteiger partial charge in [0, 0.05) is 20.6 Å². The summed E-state index contributed by atoms with van der Waals surface area (Å²) >= 11 is 15.9. The van der Waals surface area contributed by atoms with Gasteiger partial charge >= 0.3 is 0 Å². The first kappa shape index (κ1) is 16.4. The number of hydrogen-bond donors (Lipinski definition) is 1. The molecule has 0 heterocycles. The van der Waals surface area contributed by atoms with Crippen LogP contribution in [0.3, 0.4) is 0 Å². The molecule has 0 saturated heterocycles. The number of nitrogens with two attached hydrogens (primary N) is 1. The third-order valence-electron chi connectivity index (χ3n) is 3.13. The average Bonchev–Trinajstić information content (AvgIpc) is 2.48. The monoisotopic (exact) mass is 389 g/mol. The van der Waals surface area contributed by atoms with Crippen molar-refractivity contribution >= 4 is 39.1 Å². The lowest BCUT2D eigenvalue weighted by molar-refractivity contribution is 0.354. The normalized spacial score (nSPS) is 12.1. The van der Waals surface area contributed by atoms with Crippen molar-refractivity contribution in [2.75, 3.05) is 14.2 Å². The molecule has 0 aliphatic carbocycles. The molecular weight excluding hydrogens is 377 g/mol. The first-order valence-electron chi connectivity index (χ1n) is 6.10. The summed E-state index contributed by atoms with van der Waals surface area (Å²) in [5, 5.41) is 1.08. The molecule has 0 aliphatic rings. The minimum absolute atomic E-state index is 0.470. The Morgan fingerprint density at radius 3 is 2.14 bits per heavy atom. The van der Waals surface area contributed by atoms with Crippen LogP contribution in [0.2, 0.25) is 10.0 Å². The Hall–Kier alpha value is -0.940. The SMILES string of the molecule is COc1cc(Cl)c(C(N)c2cc(Br)ccc2Cl)cc1OC. The molecule has 2 rings (SSSR count). The van der Waals surface area contributed by atoms with Gasteiger partial charge in [-0.05, 0) is 35.4 Å². The van der Waals surface area contributed by atoms with Crippen LogP contribution in [0.15, 0.2) is 34.8 Å². The molecule has 1 atom stereocenters. The zero-order chi connectivity index (χ0) is 15.6. The van der Waals surface area contributed by atoms with E-state index in [1.54, 1.807) is 32.4 Å². The van der Waals surface area contributed by atoms with Gasteiger partial charge in [0.15, 0.2) is 11.5 Å². The molecule has 21 heavy (non-hydrogen) atoms. The van der Waals surface area contributed by atoms with Gasteiger partial charge < -0.3 is 15.2 Å². The van der Waals surface area contributed by atoms with E-state index in [9.17, 15) is 0 Å². The molecular formula is C15H14BrCl2NO2. The standard InChI is InChI=1S/C15H14BrCl2NO2/c1-20-13-6-10(12(18)7-14(13)21-2)15(19)9-5-8(16)3-4-11(9)17/h3-7,15H,19H2,1-2H3. The Bertz CT molecular complexity index is 664. The van der Waals surface area contributed by atoms with Crippen molar-refractivity contribution in [3.63, 3.8) is 0 Å². The van der Waals surface area contributed by atoms with Gasteiger partial charge in [0.05, 0.1) is 20.3 Å². The fourth-order valence-corrected chi connectivity index (χ4v) is 2.91. The van der Waals surface area contributed by atoms with Crippen LogP contribution in [0.25, 0.3) is 0 Å². The molecule has 6 heteroatoms. The molecule has 0 spiro atoms. The summed E-state index contributed by atoms with van der Waals surface area (Å²) in [6.45, 7) is 0. The lowest BCUT2D eigenvalue weighted by Crippen LogP contribution is -2.13. The molecule has 112 valence electrons. The Labute approximate surface area is 142 Å². The first-order valence-corrected chi connectivity index (χ1v) is 7.64. The van der Waals surface area contributed by atoms with Crippen molar-refractivity contribution in [3.8, 4) is 11.5 Å². The van der Waals surface area contributed by atoms with Crippen molar-refractivity contribution in [3.05, 3.63) is 56.0 Å². The summed E-state index contributed by atoms with van der Waals surface area (Å²) in [6, 6.07) is 8.50. The van der Waals surface area contributed by atoms with Crippen molar-refractivity contribution < 1.29 is 9.47 Å². The van der Waals surface area contributed by atoms with Gasteiger partial charge in [-0.25, -0.2) is 0 Å². The largest absolute Gasteiger partial charge is 0.493 e. The van der Waals surface area contributed by atoms with E-state index in [0.717, 1.165) is 10.0 Å². The number of methoxy groups -OCH3 is 2. The number of ether oxygens (including phenoxy) is 2. The molecule has 2 aromatic carbocycles. The van der Waals surface area contributed by atoms with Crippen LogP contribution in [0.1, 0.15) is 17.2 Å². The fraction of sp³-hybridized carbons (Fsp3) is 0.200. The van der Waals surface area contributed by atoms with E-state index in [0.29, 0.717) is 27.1 Å². The highest BCUT2D eigenvalue weighted by atomic mass is 79.9. The number of rotatable bonds is 4. The third-order valence-corrected chi connectivity index (χ3v) is 4.30. The average molecular weight is 391 g/mol. The second-order valence-electron chi connectivity index (χ2n) is 4.37. The highest BCUT2D eigenvalue weighted by molar-refractivity contribution is 9.10. The second kappa shape index (κ2) is 6.88. The summed E-state index contributed by atoms with van der Waals surface area (Å²) in [7, 11) is 3.12. The summed E-state index contributed by atoms with van der Waals surface area (Å²) in [5.74, 6) is 1.12. The summed E-state index contributed by atoms with van der Waals surface area (Å²) in [4.78, 5) is 0. The van der Waals surface area contributed by atoms with Gasteiger partial charge in [0.25, 0.3) is 0 Å². The first-order chi connectivity index (χ1) is 9.97. The van der Waals surface area contributed by atoms with Gasteiger partial charge in [-0.1, -0.05) is 39.1 Å². The smallest absolute Gasteiger partial charge is 0.162 e. The summed E-state index contributed by atoms with van der Waals surface area (Å²) in [6.07, 6.45) is 0. The highest BCUT2D eigenvalue weighted by Crippen LogP contribution is 2.38. The Kier molecular flexibility index (Phi) is 5.38. The van der Waals surface area contributed by atoms with Crippen LogP contribution in [-0.2, 0) is 0 Å². The third kappa shape index (κ3) is 3.46. The Balaban J connectivity index is 2.52. The molecule has 0 aliphatic heterocycles. The van der Waals surface area contributed by atoms with E-state index in [-0.39, 0.29) is 0 Å². The minimum atomic E-state index is -0.470. The molecule has 0 aromatic heterocycles. The van der Waals surface area contributed by atoms with Crippen molar-refractivity contribution in [1.29, 1.82) is 0 Å². The molecule has 0 radical (unpaired) electrons. The van der Waals surface area contributed by atoms with Crippen molar-refractivity contribution in [2.24, 2.45) is 5.73 Å². The van der Waals surface area contributed by atoms with Crippen molar-refractivity contribution in [2.45, 2.75) is 6.04 Å². The maximum absolute atomic E-state index is 6.32. The van der Waals surface area contributed by atoms with Gasteiger partial charge in [0.1, 0.15) is 0 Å². The summed E-state index contributed by atoms with van der Waals surface area (Å²) in [5.41, 5.74) is 7.81.